The van der Waals surface area contributed by atoms with Crippen LogP contribution in [0, 0.1) is 0 Å². The SMILES string of the molecule is COC(=O)c1ccc(-c2cccc(PC)c2-c2ccc(C(=O)OC)cc2)cc1. The van der Waals surface area contributed by atoms with Gasteiger partial charge in [0.2, 0.25) is 0 Å². The lowest BCUT2D eigenvalue weighted by Crippen LogP contribution is -2.04. The molecule has 0 amide bonds. The molecule has 0 fully saturated rings. The summed E-state index contributed by atoms with van der Waals surface area (Å²) in [7, 11) is 3.36. The molecule has 0 aliphatic heterocycles. The van der Waals surface area contributed by atoms with Crippen molar-refractivity contribution in [1.82, 2.24) is 0 Å². The summed E-state index contributed by atoms with van der Waals surface area (Å²) in [5.74, 6) is -0.704. The third-order valence-electron chi connectivity index (χ3n) is 4.55. The van der Waals surface area contributed by atoms with Crippen molar-refractivity contribution in [3.63, 3.8) is 0 Å². The summed E-state index contributed by atoms with van der Waals surface area (Å²) in [5, 5.41) is 1.24. The van der Waals surface area contributed by atoms with Gasteiger partial charge in [0.05, 0.1) is 25.3 Å². The predicted molar refractivity (Wildman–Crippen MR) is 114 cm³/mol. The number of carbonyl (C=O) groups is 2. The lowest BCUT2D eigenvalue weighted by molar-refractivity contribution is 0.0592. The van der Waals surface area contributed by atoms with Crippen molar-refractivity contribution in [3.05, 3.63) is 77.9 Å². The summed E-state index contributed by atoms with van der Waals surface area (Å²) < 4.78 is 9.56. The van der Waals surface area contributed by atoms with Crippen LogP contribution in [0.5, 0.6) is 0 Å². The minimum atomic E-state index is -0.353. The van der Waals surface area contributed by atoms with Crippen LogP contribution in [0.2, 0.25) is 0 Å². The zero-order valence-electron chi connectivity index (χ0n) is 16.0. The molecule has 0 heterocycles. The normalized spacial score (nSPS) is 10.8. The topological polar surface area (TPSA) is 52.6 Å². The quantitative estimate of drug-likeness (QED) is 0.473. The Morgan fingerprint density at radius 3 is 1.68 bits per heavy atom. The van der Waals surface area contributed by atoms with E-state index in [1.54, 1.807) is 24.3 Å². The molecule has 0 bridgehead atoms. The fraction of sp³-hybridized carbons (Fsp3) is 0.130. The molecule has 3 aromatic rings. The number of hydrogen-bond acceptors (Lipinski definition) is 4. The Labute approximate surface area is 166 Å². The van der Waals surface area contributed by atoms with Crippen molar-refractivity contribution >= 4 is 25.8 Å². The number of rotatable bonds is 5. The highest BCUT2D eigenvalue weighted by molar-refractivity contribution is 7.46. The van der Waals surface area contributed by atoms with E-state index in [1.165, 1.54) is 19.5 Å². The average molecular weight is 392 g/mol. The van der Waals surface area contributed by atoms with E-state index in [1.807, 2.05) is 30.3 Å². The van der Waals surface area contributed by atoms with Crippen LogP contribution in [0.3, 0.4) is 0 Å². The largest absolute Gasteiger partial charge is 0.465 e. The Morgan fingerprint density at radius 1 is 0.714 bits per heavy atom. The molecule has 0 aliphatic carbocycles. The molecule has 0 spiro atoms. The molecular formula is C23H21O4P. The Morgan fingerprint density at radius 2 is 1.21 bits per heavy atom. The zero-order valence-corrected chi connectivity index (χ0v) is 17.0. The molecule has 142 valence electrons. The van der Waals surface area contributed by atoms with Crippen LogP contribution < -0.4 is 5.30 Å². The van der Waals surface area contributed by atoms with Gasteiger partial charge >= 0.3 is 11.9 Å². The maximum Gasteiger partial charge on any atom is 0.337 e. The maximum absolute atomic E-state index is 11.7. The van der Waals surface area contributed by atoms with E-state index >= 15 is 0 Å². The van der Waals surface area contributed by atoms with Crippen LogP contribution in [0.25, 0.3) is 22.3 Å². The molecule has 5 heteroatoms. The molecule has 0 saturated heterocycles. The molecule has 0 N–H and O–H groups in total. The number of carbonyl (C=O) groups excluding carboxylic acids is 2. The first-order chi connectivity index (χ1) is 13.6. The van der Waals surface area contributed by atoms with E-state index < -0.39 is 0 Å². The molecule has 0 aromatic heterocycles. The van der Waals surface area contributed by atoms with E-state index in [9.17, 15) is 9.59 Å². The first-order valence-corrected chi connectivity index (χ1v) is 10.3. The van der Waals surface area contributed by atoms with Crippen LogP contribution >= 0.6 is 8.58 Å². The van der Waals surface area contributed by atoms with Gasteiger partial charge in [-0.25, -0.2) is 9.59 Å². The summed E-state index contributed by atoms with van der Waals surface area (Å²) in [6.45, 7) is 2.14. The second kappa shape index (κ2) is 8.81. The minimum absolute atomic E-state index is 0.351. The van der Waals surface area contributed by atoms with Crippen molar-refractivity contribution in [1.29, 1.82) is 0 Å². The predicted octanol–water partition coefficient (Wildman–Crippen LogP) is 4.53. The molecule has 0 aliphatic rings. The van der Waals surface area contributed by atoms with Gasteiger partial charge in [0, 0.05) is 0 Å². The summed E-state index contributed by atoms with van der Waals surface area (Å²) in [6, 6.07) is 21.1. The van der Waals surface area contributed by atoms with Gasteiger partial charge in [-0.15, -0.1) is 0 Å². The number of hydrogen-bond donors (Lipinski definition) is 0. The van der Waals surface area contributed by atoms with Gasteiger partial charge < -0.3 is 9.47 Å². The van der Waals surface area contributed by atoms with Gasteiger partial charge in [0.25, 0.3) is 0 Å². The van der Waals surface area contributed by atoms with Gasteiger partial charge in [-0.3, -0.25) is 0 Å². The van der Waals surface area contributed by atoms with Crippen LogP contribution in [0.4, 0.5) is 0 Å². The van der Waals surface area contributed by atoms with Crippen LogP contribution in [-0.2, 0) is 9.47 Å². The Kier molecular flexibility index (Phi) is 6.23. The first-order valence-electron chi connectivity index (χ1n) is 8.77. The molecule has 1 atom stereocenters. The first kappa shape index (κ1) is 19.8. The molecule has 3 rings (SSSR count). The second-order valence-electron chi connectivity index (χ2n) is 6.12. The summed E-state index contributed by atoms with van der Waals surface area (Å²) >= 11 is 0. The van der Waals surface area contributed by atoms with Gasteiger partial charge in [-0.05, 0) is 58.5 Å². The van der Waals surface area contributed by atoms with Gasteiger partial charge in [0.1, 0.15) is 0 Å². The monoisotopic (exact) mass is 392 g/mol. The number of methoxy groups -OCH3 is 2. The highest BCUT2D eigenvalue weighted by Gasteiger charge is 2.14. The smallest absolute Gasteiger partial charge is 0.337 e. The fourth-order valence-electron chi connectivity index (χ4n) is 3.11. The fourth-order valence-corrected chi connectivity index (χ4v) is 3.90. The lowest BCUT2D eigenvalue weighted by Gasteiger charge is -2.15. The van der Waals surface area contributed by atoms with Crippen LogP contribution in [-0.4, -0.2) is 32.8 Å². The third kappa shape index (κ3) is 3.97. The average Bonchev–Trinajstić information content (AvgIpc) is 2.77. The Bertz CT molecular complexity index is 992. The van der Waals surface area contributed by atoms with Crippen molar-refractivity contribution < 1.29 is 19.1 Å². The lowest BCUT2D eigenvalue weighted by atomic mass is 9.93. The number of ether oxygens (including phenoxy) is 2. The van der Waals surface area contributed by atoms with E-state index in [2.05, 4.69) is 18.8 Å². The Hall–Kier alpha value is -2.97. The third-order valence-corrected chi connectivity index (χ3v) is 5.50. The van der Waals surface area contributed by atoms with E-state index in [0.717, 1.165) is 22.3 Å². The maximum atomic E-state index is 11.7. The minimum Gasteiger partial charge on any atom is -0.465 e. The molecule has 1 unspecified atom stereocenters. The number of benzene rings is 3. The van der Waals surface area contributed by atoms with Crippen molar-refractivity contribution in [2.45, 2.75) is 0 Å². The molecule has 28 heavy (non-hydrogen) atoms. The molecule has 0 radical (unpaired) electrons. The van der Waals surface area contributed by atoms with Crippen LogP contribution in [0.1, 0.15) is 20.7 Å². The summed E-state index contributed by atoms with van der Waals surface area (Å²) in [4.78, 5) is 23.4. The molecule has 4 nitrogen and oxygen atoms in total. The summed E-state index contributed by atoms with van der Waals surface area (Å²) in [5.41, 5.74) is 5.29. The molecule has 0 saturated carbocycles. The highest BCUT2D eigenvalue weighted by atomic mass is 31.1. The standard InChI is InChI=1S/C23H21O4P/c1-26-22(24)17-11-7-15(8-12-17)19-5-4-6-20(28-3)21(19)16-9-13-18(14-10-16)23(25)27-2/h4-14,28H,1-3H3. The van der Waals surface area contributed by atoms with Crippen molar-refractivity contribution in [2.75, 3.05) is 20.9 Å². The molecule has 3 aromatic carbocycles. The molecular weight excluding hydrogens is 371 g/mol. The van der Waals surface area contributed by atoms with E-state index in [4.69, 9.17) is 9.47 Å². The highest BCUT2D eigenvalue weighted by Crippen LogP contribution is 2.33. The Balaban J connectivity index is 2.09. The van der Waals surface area contributed by atoms with E-state index in [0.29, 0.717) is 19.7 Å². The number of esters is 2. The van der Waals surface area contributed by atoms with Crippen LogP contribution in [0.15, 0.2) is 66.7 Å². The van der Waals surface area contributed by atoms with Crippen molar-refractivity contribution in [3.8, 4) is 22.3 Å². The summed E-state index contributed by atoms with van der Waals surface area (Å²) in [6.07, 6.45) is 0. The zero-order chi connectivity index (χ0) is 20.1. The van der Waals surface area contributed by atoms with E-state index in [-0.39, 0.29) is 11.9 Å². The van der Waals surface area contributed by atoms with Gasteiger partial charge in [0.15, 0.2) is 0 Å². The van der Waals surface area contributed by atoms with Gasteiger partial charge in [-0.1, -0.05) is 51.0 Å². The van der Waals surface area contributed by atoms with Crippen molar-refractivity contribution in [2.24, 2.45) is 0 Å². The van der Waals surface area contributed by atoms with Gasteiger partial charge in [-0.2, -0.15) is 0 Å². The second-order valence-corrected chi connectivity index (χ2v) is 7.15.